The molecule has 0 aliphatic carbocycles. The first-order valence-electron chi connectivity index (χ1n) is 8.31. The first-order valence-corrected chi connectivity index (χ1v) is 9.10. The van der Waals surface area contributed by atoms with Crippen LogP contribution in [0.2, 0.25) is 0 Å². The van der Waals surface area contributed by atoms with Crippen LogP contribution in [0.3, 0.4) is 0 Å². The van der Waals surface area contributed by atoms with Crippen molar-refractivity contribution in [2.45, 2.75) is 12.8 Å². The minimum atomic E-state index is -4.45. The molecule has 0 aliphatic heterocycles. The van der Waals surface area contributed by atoms with E-state index in [1.807, 2.05) is 0 Å². The van der Waals surface area contributed by atoms with Gasteiger partial charge in [-0.1, -0.05) is 34.1 Å². The SMILES string of the molecule is Fc1ccccc1COc1ccc(Br)cc1/C=N\Nc1ccc(C(F)(F)F)cn1. The van der Waals surface area contributed by atoms with Crippen molar-refractivity contribution in [2.75, 3.05) is 5.43 Å². The molecule has 9 heteroatoms. The summed E-state index contributed by atoms with van der Waals surface area (Å²) in [4.78, 5) is 3.67. The standard InChI is InChI=1S/C20H14BrF4N3O/c21-16-6-7-18(29-12-13-3-1-2-4-17(13)22)14(9-16)10-27-28-19-8-5-15(11-26-19)20(23,24)25/h1-11H,12H2,(H,26,28)/b27-10-. The van der Waals surface area contributed by atoms with E-state index >= 15 is 0 Å². The fraction of sp³-hybridized carbons (Fsp3) is 0.100. The van der Waals surface area contributed by atoms with Crippen molar-refractivity contribution < 1.29 is 22.3 Å². The fourth-order valence-corrected chi connectivity index (χ4v) is 2.70. The predicted molar refractivity (Wildman–Crippen MR) is 105 cm³/mol. The second-order valence-corrected chi connectivity index (χ2v) is 6.78. The summed E-state index contributed by atoms with van der Waals surface area (Å²) in [5, 5.41) is 3.98. The van der Waals surface area contributed by atoms with Gasteiger partial charge in [0.1, 0.15) is 24.0 Å². The molecule has 0 unspecified atom stereocenters. The predicted octanol–water partition coefficient (Wildman–Crippen LogP) is 6.03. The third-order valence-electron chi connectivity index (χ3n) is 3.79. The van der Waals surface area contributed by atoms with E-state index in [-0.39, 0.29) is 18.2 Å². The maximum absolute atomic E-state index is 13.7. The van der Waals surface area contributed by atoms with Gasteiger partial charge in [0.2, 0.25) is 0 Å². The fourth-order valence-electron chi connectivity index (χ4n) is 2.32. The molecule has 150 valence electrons. The molecule has 3 rings (SSSR count). The molecule has 0 radical (unpaired) electrons. The Balaban J connectivity index is 1.70. The summed E-state index contributed by atoms with van der Waals surface area (Å²) in [5.41, 5.74) is 2.70. The Kier molecular flexibility index (Phi) is 6.48. The van der Waals surface area contributed by atoms with E-state index in [2.05, 4.69) is 31.4 Å². The summed E-state index contributed by atoms with van der Waals surface area (Å²) in [6.07, 6.45) is -2.30. The second-order valence-electron chi connectivity index (χ2n) is 5.86. The molecule has 0 atom stereocenters. The first-order chi connectivity index (χ1) is 13.8. The van der Waals surface area contributed by atoms with Crippen LogP contribution in [0.5, 0.6) is 5.75 Å². The van der Waals surface area contributed by atoms with Gasteiger partial charge in [0.25, 0.3) is 0 Å². The van der Waals surface area contributed by atoms with Gasteiger partial charge in [-0.05, 0) is 36.4 Å². The van der Waals surface area contributed by atoms with Crippen molar-refractivity contribution in [3.8, 4) is 5.75 Å². The maximum atomic E-state index is 13.7. The second kappa shape index (κ2) is 9.04. The van der Waals surface area contributed by atoms with Gasteiger partial charge < -0.3 is 4.74 Å². The summed E-state index contributed by atoms with van der Waals surface area (Å²) < 4.78 is 57.9. The number of aromatic nitrogens is 1. The smallest absolute Gasteiger partial charge is 0.417 e. The lowest BCUT2D eigenvalue weighted by Gasteiger charge is -2.10. The third kappa shape index (κ3) is 5.77. The van der Waals surface area contributed by atoms with Crippen LogP contribution >= 0.6 is 15.9 Å². The van der Waals surface area contributed by atoms with Crippen molar-refractivity contribution in [3.63, 3.8) is 0 Å². The summed E-state index contributed by atoms with van der Waals surface area (Å²) in [6.45, 7) is 0.0308. The molecule has 2 aromatic carbocycles. The lowest BCUT2D eigenvalue weighted by atomic mass is 10.2. The molecule has 0 saturated heterocycles. The highest BCUT2D eigenvalue weighted by atomic mass is 79.9. The monoisotopic (exact) mass is 467 g/mol. The molecular formula is C20H14BrF4N3O. The molecule has 0 aliphatic rings. The summed E-state index contributed by atoms with van der Waals surface area (Å²) in [7, 11) is 0. The maximum Gasteiger partial charge on any atom is 0.417 e. The highest BCUT2D eigenvalue weighted by Crippen LogP contribution is 2.29. The summed E-state index contributed by atoms with van der Waals surface area (Å²) in [6, 6.07) is 13.6. The number of benzene rings is 2. The van der Waals surface area contributed by atoms with Crippen molar-refractivity contribution in [2.24, 2.45) is 5.10 Å². The molecule has 29 heavy (non-hydrogen) atoms. The number of pyridine rings is 1. The lowest BCUT2D eigenvalue weighted by Crippen LogP contribution is -2.05. The third-order valence-corrected chi connectivity index (χ3v) is 4.28. The first kappa shape index (κ1) is 20.8. The number of anilines is 1. The van der Waals surface area contributed by atoms with E-state index < -0.39 is 11.7 Å². The van der Waals surface area contributed by atoms with E-state index in [0.717, 1.165) is 16.7 Å². The highest BCUT2D eigenvalue weighted by Gasteiger charge is 2.30. The van der Waals surface area contributed by atoms with E-state index in [4.69, 9.17) is 4.74 Å². The zero-order valence-corrected chi connectivity index (χ0v) is 16.3. The number of hydrogen-bond acceptors (Lipinski definition) is 4. The largest absolute Gasteiger partial charge is 0.488 e. The average molecular weight is 468 g/mol. The number of halogens is 5. The van der Waals surface area contributed by atoms with Crippen LogP contribution in [0.25, 0.3) is 0 Å². The normalized spacial score (nSPS) is 11.6. The van der Waals surface area contributed by atoms with Crippen molar-refractivity contribution in [1.82, 2.24) is 4.98 Å². The Morgan fingerprint density at radius 1 is 1.10 bits per heavy atom. The Morgan fingerprint density at radius 3 is 2.59 bits per heavy atom. The van der Waals surface area contributed by atoms with Crippen LogP contribution in [-0.2, 0) is 12.8 Å². The minimum absolute atomic E-state index is 0.0308. The highest BCUT2D eigenvalue weighted by molar-refractivity contribution is 9.10. The number of alkyl halides is 3. The van der Waals surface area contributed by atoms with Crippen LogP contribution in [-0.4, -0.2) is 11.2 Å². The summed E-state index contributed by atoms with van der Waals surface area (Å²) in [5.74, 6) is 0.246. The summed E-state index contributed by atoms with van der Waals surface area (Å²) >= 11 is 3.35. The van der Waals surface area contributed by atoms with E-state index in [9.17, 15) is 17.6 Å². The Morgan fingerprint density at radius 2 is 1.90 bits per heavy atom. The van der Waals surface area contributed by atoms with E-state index in [1.54, 1.807) is 36.4 Å². The molecule has 4 nitrogen and oxygen atoms in total. The molecular weight excluding hydrogens is 454 g/mol. The van der Waals surface area contributed by atoms with Crippen LogP contribution < -0.4 is 10.2 Å². The quantitative estimate of drug-likeness (QED) is 0.273. The van der Waals surface area contributed by atoms with E-state index in [0.29, 0.717) is 16.9 Å². The van der Waals surface area contributed by atoms with Gasteiger partial charge in [-0.15, -0.1) is 0 Å². The molecule has 3 aromatic rings. The number of nitrogens with zero attached hydrogens (tertiary/aromatic N) is 2. The number of hydrogen-bond donors (Lipinski definition) is 1. The van der Waals surface area contributed by atoms with Gasteiger partial charge >= 0.3 is 6.18 Å². The molecule has 0 amide bonds. The van der Waals surface area contributed by atoms with Crippen LogP contribution in [0.15, 0.2) is 70.4 Å². The Labute approximate surface area is 172 Å². The van der Waals surface area contributed by atoms with Gasteiger partial charge in [0.05, 0.1) is 11.8 Å². The van der Waals surface area contributed by atoms with Crippen LogP contribution in [0, 0.1) is 5.82 Å². The number of hydrazone groups is 1. The van der Waals surface area contributed by atoms with E-state index in [1.165, 1.54) is 18.3 Å². The van der Waals surface area contributed by atoms with Crippen molar-refractivity contribution in [3.05, 3.63) is 87.8 Å². The average Bonchev–Trinajstić information content (AvgIpc) is 2.68. The molecule has 1 aromatic heterocycles. The van der Waals surface area contributed by atoms with Gasteiger partial charge in [-0.2, -0.15) is 18.3 Å². The molecule has 1 heterocycles. The Bertz CT molecular complexity index is 1010. The van der Waals surface area contributed by atoms with Gasteiger partial charge in [-0.25, -0.2) is 9.37 Å². The lowest BCUT2D eigenvalue weighted by molar-refractivity contribution is -0.137. The number of ether oxygens (including phenoxy) is 1. The molecule has 0 spiro atoms. The zero-order valence-electron chi connectivity index (χ0n) is 14.8. The van der Waals surface area contributed by atoms with Crippen molar-refractivity contribution in [1.29, 1.82) is 0 Å². The molecule has 0 bridgehead atoms. The van der Waals surface area contributed by atoms with Crippen LogP contribution in [0.1, 0.15) is 16.7 Å². The zero-order chi connectivity index (χ0) is 20.9. The Hall–Kier alpha value is -2.94. The minimum Gasteiger partial charge on any atom is -0.488 e. The van der Waals surface area contributed by atoms with Gasteiger partial charge in [0, 0.05) is 21.8 Å². The topological polar surface area (TPSA) is 46.5 Å². The van der Waals surface area contributed by atoms with Gasteiger partial charge in [-0.3, -0.25) is 5.43 Å². The van der Waals surface area contributed by atoms with Gasteiger partial charge in [0.15, 0.2) is 0 Å². The molecule has 0 saturated carbocycles. The van der Waals surface area contributed by atoms with Crippen LogP contribution in [0.4, 0.5) is 23.4 Å². The molecule has 1 N–H and O–H groups in total. The number of nitrogens with one attached hydrogen (secondary N) is 1. The van der Waals surface area contributed by atoms with Crippen molar-refractivity contribution >= 4 is 28.0 Å². The molecule has 0 fully saturated rings. The number of rotatable bonds is 6.